The lowest BCUT2D eigenvalue weighted by atomic mass is 9.91. The normalized spacial score (nSPS) is 18.0. The van der Waals surface area contributed by atoms with Crippen LogP contribution in [0.15, 0.2) is 103 Å². The van der Waals surface area contributed by atoms with Gasteiger partial charge in [0.25, 0.3) is 0 Å². The maximum absolute atomic E-state index is 9.53. The van der Waals surface area contributed by atoms with E-state index in [1.807, 2.05) is 68.7 Å². The second-order valence-corrected chi connectivity index (χ2v) is 9.53. The van der Waals surface area contributed by atoms with Crippen molar-refractivity contribution in [2.24, 2.45) is 5.16 Å². The van der Waals surface area contributed by atoms with E-state index in [1.54, 1.807) is 0 Å². The molecule has 0 saturated carbocycles. The molecule has 6 nitrogen and oxygen atoms in total. The number of aliphatic hydroxyl groups is 1. The van der Waals surface area contributed by atoms with Gasteiger partial charge in [-0.05, 0) is 54.3 Å². The lowest BCUT2D eigenvalue weighted by molar-refractivity contribution is 0.0904. The molecule has 0 spiro atoms. The third-order valence-corrected chi connectivity index (χ3v) is 7.14. The Morgan fingerprint density at radius 2 is 1.76 bits per heavy atom. The van der Waals surface area contributed by atoms with Crippen LogP contribution in [0, 0.1) is 0 Å². The van der Waals surface area contributed by atoms with Crippen LogP contribution in [0.2, 0.25) is 0 Å². The van der Waals surface area contributed by atoms with Gasteiger partial charge in [0.15, 0.2) is 0 Å². The third-order valence-electron chi connectivity index (χ3n) is 7.14. The highest BCUT2D eigenvalue weighted by molar-refractivity contribution is 5.95. The minimum atomic E-state index is -0.139. The van der Waals surface area contributed by atoms with Crippen LogP contribution in [-0.2, 0) is 11.4 Å². The van der Waals surface area contributed by atoms with Crippen molar-refractivity contribution in [2.45, 2.75) is 38.5 Å². The summed E-state index contributed by atoms with van der Waals surface area (Å²) < 4.78 is 2.28. The van der Waals surface area contributed by atoms with Gasteiger partial charge >= 0.3 is 0 Å². The Hall–Kier alpha value is -4.29. The van der Waals surface area contributed by atoms with Crippen molar-refractivity contribution < 1.29 is 9.94 Å². The molecule has 6 rings (SSSR count). The third kappa shape index (κ3) is 4.19. The number of rotatable bonds is 6. The Labute approximate surface area is 215 Å². The summed E-state index contributed by atoms with van der Waals surface area (Å²) in [4.78, 5) is 15.3. The van der Waals surface area contributed by atoms with Crippen molar-refractivity contribution in [3.63, 3.8) is 0 Å². The minimum Gasteiger partial charge on any atom is -0.392 e. The fraction of sp³-hybridized carbons (Fsp3) is 0.194. The van der Waals surface area contributed by atoms with Crippen LogP contribution in [0.3, 0.4) is 0 Å². The number of pyridine rings is 2. The van der Waals surface area contributed by atoms with Crippen molar-refractivity contribution in [3.8, 4) is 11.1 Å². The van der Waals surface area contributed by atoms with E-state index in [-0.39, 0.29) is 24.7 Å². The summed E-state index contributed by atoms with van der Waals surface area (Å²) in [6.45, 7) is 4.07. The van der Waals surface area contributed by atoms with Gasteiger partial charge in [0.05, 0.1) is 35.0 Å². The molecule has 4 heterocycles. The molecule has 1 aliphatic rings. The van der Waals surface area contributed by atoms with E-state index in [4.69, 9.17) is 14.8 Å². The minimum absolute atomic E-state index is 0.0158. The molecule has 37 heavy (non-hydrogen) atoms. The van der Waals surface area contributed by atoms with Crippen LogP contribution < -0.4 is 0 Å². The maximum atomic E-state index is 9.53. The van der Waals surface area contributed by atoms with Crippen molar-refractivity contribution >= 4 is 16.7 Å². The van der Waals surface area contributed by atoms with Gasteiger partial charge in [0.1, 0.15) is 12.1 Å². The van der Waals surface area contributed by atoms with E-state index in [0.29, 0.717) is 0 Å². The zero-order valence-electron chi connectivity index (χ0n) is 20.8. The Kier molecular flexibility index (Phi) is 6.02. The van der Waals surface area contributed by atoms with E-state index in [9.17, 15) is 5.11 Å². The van der Waals surface area contributed by atoms with Crippen LogP contribution in [0.4, 0.5) is 0 Å². The quantitative estimate of drug-likeness (QED) is 0.313. The molecule has 184 valence electrons. The summed E-state index contributed by atoms with van der Waals surface area (Å²) in [5.41, 5.74) is 9.01. The Morgan fingerprint density at radius 3 is 2.43 bits per heavy atom. The first kappa shape index (κ1) is 23.1. The number of aromatic nitrogens is 3. The first-order valence-corrected chi connectivity index (χ1v) is 12.5. The highest BCUT2D eigenvalue weighted by Crippen LogP contribution is 2.38. The van der Waals surface area contributed by atoms with Crippen molar-refractivity contribution in [1.82, 2.24) is 14.5 Å². The molecule has 0 saturated heterocycles. The molecule has 0 radical (unpaired) electrons. The average molecular weight is 489 g/mol. The predicted octanol–water partition coefficient (Wildman–Crippen LogP) is 6.11. The van der Waals surface area contributed by atoms with Crippen LogP contribution in [0.25, 0.3) is 22.2 Å². The number of oxime groups is 1. The second-order valence-electron chi connectivity index (χ2n) is 9.53. The SMILES string of the molecule is CC1=NOC(C)C1c1cnc2c(-c3ccc(CO)cc3)cn([C@H](c3ccccc3)c3ccccn3)c2c1. The monoisotopic (exact) mass is 488 g/mol. The zero-order valence-corrected chi connectivity index (χ0v) is 20.8. The topological polar surface area (TPSA) is 72.5 Å². The van der Waals surface area contributed by atoms with Crippen molar-refractivity contribution in [2.75, 3.05) is 0 Å². The first-order valence-electron chi connectivity index (χ1n) is 12.5. The Morgan fingerprint density at radius 1 is 0.973 bits per heavy atom. The zero-order chi connectivity index (χ0) is 25.4. The summed E-state index contributed by atoms with van der Waals surface area (Å²) in [7, 11) is 0. The molecule has 3 atom stereocenters. The summed E-state index contributed by atoms with van der Waals surface area (Å²) in [6, 6.07) is 26.6. The molecule has 3 aromatic heterocycles. The summed E-state index contributed by atoms with van der Waals surface area (Å²) in [6.07, 6.45) is 5.92. The summed E-state index contributed by atoms with van der Waals surface area (Å²) in [5.74, 6) is 0.0533. The molecule has 1 N–H and O–H groups in total. The Bertz CT molecular complexity index is 1520. The van der Waals surface area contributed by atoms with E-state index < -0.39 is 0 Å². The molecule has 5 aromatic rings. The lowest BCUT2D eigenvalue weighted by Crippen LogP contribution is -2.17. The maximum Gasteiger partial charge on any atom is 0.137 e. The van der Waals surface area contributed by atoms with E-state index in [0.717, 1.165) is 50.3 Å². The van der Waals surface area contributed by atoms with Crippen molar-refractivity contribution in [3.05, 3.63) is 120 Å². The van der Waals surface area contributed by atoms with Gasteiger partial charge in [0, 0.05) is 24.2 Å². The number of aliphatic hydroxyl groups excluding tert-OH is 1. The molecule has 1 aliphatic heterocycles. The highest BCUT2D eigenvalue weighted by atomic mass is 16.6. The Balaban J connectivity index is 1.61. The molecule has 0 fully saturated rings. The molecule has 0 bridgehead atoms. The fourth-order valence-corrected chi connectivity index (χ4v) is 5.31. The molecule has 2 aromatic carbocycles. The molecule has 0 amide bonds. The largest absolute Gasteiger partial charge is 0.392 e. The highest BCUT2D eigenvalue weighted by Gasteiger charge is 2.31. The number of hydrogen-bond acceptors (Lipinski definition) is 5. The van der Waals surface area contributed by atoms with Gasteiger partial charge in [-0.15, -0.1) is 0 Å². The lowest BCUT2D eigenvalue weighted by Gasteiger charge is -2.21. The van der Waals surface area contributed by atoms with Gasteiger partial charge in [-0.1, -0.05) is 65.8 Å². The number of nitrogens with zero attached hydrogens (tertiary/aromatic N) is 4. The van der Waals surface area contributed by atoms with E-state index >= 15 is 0 Å². The molecular formula is C31H28N4O2. The summed E-state index contributed by atoms with van der Waals surface area (Å²) >= 11 is 0. The van der Waals surface area contributed by atoms with Gasteiger partial charge in [-0.2, -0.15) is 0 Å². The van der Waals surface area contributed by atoms with E-state index in [1.165, 1.54) is 0 Å². The van der Waals surface area contributed by atoms with Gasteiger partial charge in [0.2, 0.25) is 0 Å². The van der Waals surface area contributed by atoms with Crippen LogP contribution >= 0.6 is 0 Å². The fourth-order valence-electron chi connectivity index (χ4n) is 5.31. The van der Waals surface area contributed by atoms with Gasteiger partial charge in [-0.3, -0.25) is 9.97 Å². The molecular weight excluding hydrogens is 460 g/mol. The average Bonchev–Trinajstić information content (AvgIpc) is 3.49. The first-order chi connectivity index (χ1) is 18.1. The second kappa shape index (κ2) is 9.64. The van der Waals surface area contributed by atoms with Gasteiger partial charge in [-0.25, -0.2) is 0 Å². The van der Waals surface area contributed by atoms with E-state index in [2.05, 4.69) is 52.3 Å². The van der Waals surface area contributed by atoms with Gasteiger partial charge < -0.3 is 14.5 Å². The van der Waals surface area contributed by atoms with Crippen LogP contribution in [-0.4, -0.2) is 31.5 Å². The molecule has 2 unspecified atom stereocenters. The molecule has 0 aliphatic carbocycles. The van der Waals surface area contributed by atoms with Crippen molar-refractivity contribution in [1.29, 1.82) is 0 Å². The number of benzene rings is 2. The number of fused-ring (bicyclic) bond motifs is 1. The summed E-state index contributed by atoms with van der Waals surface area (Å²) in [5, 5.41) is 13.8. The smallest absolute Gasteiger partial charge is 0.137 e. The number of hydrogen-bond donors (Lipinski definition) is 1. The van der Waals surface area contributed by atoms with Crippen LogP contribution in [0.5, 0.6) is 0 Å². The molecule has 6 heteroatoms. The van der Waals surface area contributed by atoms with Crippen LogP contribution in [0.1, 0.15) is 48.2 Å². The standard InChI is InChI=1S/C31H28N4O2/c1-20-29(21(2)37-34-20)25-16-28-30(33-17-25)26(23-13-11-22(19-36)12-14-23)18-35(28)31(24-8-4-3-5-9-24)27-10-6-7-15-32-27/h3-18,21,29,31,36H,19H2,1-2H3/t21?,29?,31-/m1/s1. The predicted molar refractivity (Wildman–Crippen MR) is 145 cm³/mol.